The first-order valence-corrected chi connectivity index (χ1v) is 7.48. The third-order valence-electron chi connectivity index (χ3n) is 4.36. The maximum Gasteiger partial charge on any atom is 0.439 e. The topological polar surface area (TPSA) is 65.8 Å². The highest BCUT2D eigenvalue weighted by Crippen LogP contribution is 2.47. The van der Waals surface area contributed by atoms with Crippen LogP contribution in [0, 0.1) is 5.92 Å². The van der Waals surface area contributed by atoms with Gasteiger partial charge in [-0.15, -0.1) is 0 Å². The van der Waals surface area contributed by atoms with Gasteiger partial charge in [-0.25, -0.2) is 0 Å². The smallest absolute Gasteiger partial charge is 0.362 e. The number of hydrogen-bond donors (Lipinski definition) is 1. The van der Waals surface area contributed by atoms with Crippen LogP contribution in [-0.2, 0) is 0 Å². The van der Waals surface area contributed by atoms with E-state index in [1.165, 1.54) is 18.3 Å². The van der Waals surface area contributed by atoms with E-state index in [4.69, 9.17) is 0 Å². The van der Waals surface area contributed by atoms with Crippen molar-refractivity contribution in [2.24, 2.45) is 11.0 Å². The molecule has 2 atom stereocenters. The van der Waals surface area contributed by atoms with Gasteiger partial charge in [-0.3, -0.25) is 9.78 Å². The quantitative estimate of drug-likeness (QED) is 0.862. The second-order valence-corrected chi connectivity index (χ2v) is 5.80. The predicted octanol–water partition coefficient (Wildman–Crippen LogP) is 2.72. The fourth-order valence-electron chi connectivity index (χ4n) is 3.19. The van der Waals surface area contributed by atoms with Crippen molar-refractivity contribution in [3.05, 3.63) is 30.1 Å². The SMILES string of the molecule is O=C(c1ccccn1)N1N=C2CCCCCC2C1(O)C(F)(F)F. The molecular weight excluding hydrogens is 311 g/mol. The summed E-state index contributed by atoms with van der Waals surface area (Å²) < 4.78 is 40.9. The molecule has 0 radical (unpaired) electrons. The van der Waals surface area contributed by atoms with E-state index in [0.717, 1.165) is 6.42 Å². The summed E-state index contributed by atoms with van der Waals surface area (Å²) in [4.78, 5) is 16.2. The Hall–Kier alpha value is -1.96. The molecule has 1 saturated carbocycles. The number of aliphatic hydroxyl groups is 1. The highest BCUT2D eigenvalue weighted by Gasteiger charge is 2.68. The molecular formula is C15H16F3N3O2. The summed E-state index contributed by atoms with van der Waals surface area (Å²) >= 11 is 0. The van der Waals surface area contributed by atoms with Crippen LogP contribution in [0.5, 0.6) is 0 Å². The summed E-state index contributed by atoms with van der Waals surface area (Å²) in [5, 5.41) is 14.5. The van der Waals surface area contributed by atoms with Crippen molar-refractivity contribution in [2.45, 2.75) is 44.0 Å². The van der Waals surface area contributed by atoms with Crippen molar-refractivity contribution in [3.63, 3.8) is 0 Å². The zero-order valence-electron chi connectivity index (χ0n) is 12.3. The van der Waals surface area contributed by atoms with Gasteiger partial charge in [0.2, 0.25) is 0 Å². The van der Waals surface area contributed by atoms with Gasteiger partial charge in [-0.05, 0) is 31.4 Å². The average Bonchev–Trinajstić information content (AvgIpc) is 2.68. The molecule has 2 heterocycles. The van der Waals surface area contributed by atoms with E-state index in [-0.39, 0.29) is 22.8 Å². The highest BCUT2D eigenvalue weighted by molar-refractivity contribution is 5.98. The Morgan fingerprint density at radius 2 is 2.09 bits per heavy atom. The van der Waals surface area contributed by atoms with Gasteiger partial charge in [0.15, 0.2) is 0 Å². The van der Waals surface area contributed by atoms with Crippen LogP contribution in [0.1, 0.15) is 42.6 Å². The molecule has 0 bridgehead atoms. The van der Waals surface area contributed by atoms with Crippen LogP contribution in [0.4, 0.5) is 13.2 Å². The highest BCUT2D eigenvalue weighted by atomic mass is 19.4. The number of pyridine rings is 1. The number of aromatic nitrogens is 1. The largest absolute Gasteiger partial charge is 0.439 e. The lowest BCUT2D eigenvalue weighted by atomic mass is 9.87. The standard InChI is InChI=1S/C15H16F3N3O2/c16-15(17,18)14(23)10-6-2-1-3-7-11(10)20-21(14)13(22)12-8-4-5-9-19-12/h4-5,8-10,23H,1-3,6-7H2. The first kappa shape index (κ1) is 15.9. The Kier molecular flexibility index (Phi) is 3.87. The van der Waals surface area contributed by atoms with E-state index >= 15 is 0 Å². The third-order valence-corrected chi connectivity index (χ3v) is 4.36. The molecule has 1 aliphatic heterocycles. The summed E-state index contributed by atoms with van der Waals surface area (Å²) in [6.07, 6.45) is -1.13. The van der Waals surface area contributed by atoms with Gasteiger partial charge in [-0.2, -0.15) is 23.3 Å². The van der Waals surface area contributed by atoms with Gasteiger partial charge in [-0.1, -0.05) is 18.9 Å². The second-order valence-electron chi connectivity index (χ2n) is 5.80. The summed E-state index contributed by atoms with van der Waals surface area (Å²) in [6.45, 7) is 0. The van der Waals surface area contributed by atoms with Gasteiger partial charge < -0.3 is 5.11 Å². The van der Waals surface area contributed by atoms with Gasteiger partial charge in [0.05, 0.1) is 5.92 Å². The molecule has 0 saturated heterocycles. The van der Waals surface area contributed by atoms with Gasteiger partial charge in [0, 0.05) is 11.9 Å². The normalized spacial score (nSPS) is 28.1. The van der Waals surface area contributed by atoms with Crippen LogP contribution >= 0.6 is 0 Å². The summed E-state index contributed by atoms with van der Waals surface area (Å²) in [6, 6.07) is 4.34. The van der Waals surface area contributed by atoms with Gasteiger partial charge in [0.25, 0.3) is 11.6 Å². The van der Waals surface area contributed by atoms with E-state index in [0.29, 0.717) is 19.3 Å². The third kappa shape index (κ3) is 2.50. The van der Waals surface area contributed by atoms with Crippen molar-refractivity contribution in [1.29, 1.82) is 0 Å². The molecule has 0 spiro atoms. The number of amides is 1. The van der Waals surface area contributed by atoms with E-state index in [2.05, 4.69) is 10.1 Å². The number of fused-ring (bicyclic) bond motifs is 1. The van der Waals surface area contributed by atoms with E-state index < -0.39 is 23.7 Å². The van der Waals surface area contributed by atoms with E-state index in [1.54, 1.807) is 6.07 Å². The van der Waals surface area contributed by atoms with Gasteiger partial charge in [0.1, 0.15) is 5.69 Å². The molecule has 3 rings (SSSR count). The minimum atomic E-state index is -5.00. The molecule has 124 valence electrons. The van der Waals surface area contributed by atoms with Crippen LogP contribution in [0.25, 0.3) is 0 Å². The lowest BCUT2D eigenvalue weighted by Crippen LogP contribution is -2.61. The summed E-state index contributed by atoms with van der Waals surface area (Å²) in [7, 11) is 0. The maximum absolute atomic E-state index is 13.6. The van der Waals surface area contributed by atoms with Crippen molar-refractivity contribution < 1.29 is 23.1 Å². The van der Waals surface area contributed by atoms with Crippen molar-refractivity contribution in [1.82, 2.24) is 9.99 Å². The fourth-order valence-corrected chi connectivity index (χ4v) is 3.19. The number of hydrogen-bond acceptors (Lipinski definition) is 4. The molecule has 1 aromatic heterocycles. The Bertz CT molecular complexity index is 633. The zero-order chi connectivity index (χ0) is 16.7. The predicted molar refractivity (Wildman–Crippen MR) is 75.4 cm³/mol. The lowest BCUT2D eigenvalue weighted by Gasteiger charge is -2.36. The van der Waals surface area contributed by atoms with Crippen LogP contribution < -0.4 is 0 Å². The van der Waals surface area contributed by atoms with Crippen molar-refractivity contribution >= 4 is 11.6 Å². The Labute approximate surface area is 130 Å². The average molecular weight is 327 g/mol. The van der Waals surface area contributed by atoms with Crippen LogP contribution in [0.3, 0.4) is 0 Å². The maximum atomic E-state index is 13.6. The molecule has 2 aliphatic rings. The monoisotopic (exact) mass is 327 g/mol. The molecule has 1 amide bonds. The molecule has 2 unspecified atom stereocenters. The Morgan fingerprint density at radius 1 is 1.30 bits per heavy atom. The minimum Gasteiger partial charge on any atom is -0.362 e. The van der Waals surface area contributed by atoms with Crippen molar-refractivity contribution in [2.75, 3.05) is 0 Å². The summed E-state index contributed by atoms with van der Waals surface area (Å²) in [5.41, 5.74) is -3.25. The number of rotatable bonds is 1. The Balaban J connectivity index is 2.04. The van der Waals surface area contributed by atoms with E-state index in [1.807, 2.05) is 0 Å². The minimum absolute atomic E-state index is 0.154. The summed E-state index contributed by atoms with van der Waals surface area (Å²) in [5.74, 6) is -2.26. The van der Waals surface area contributed by atoms with Crippen LogP contribution in [0.15, 0.2) is 29.5 Å². The molecule has 5 nitrogen and oxygen atoms in total. The molecule has 1 aliphatic carbocycles. The number of carbonyl (C=O) groups excluding carboxylic acids is 1. The van der Waals surface area contributed by atoms with Crippen molar-refractivity contribution in [3.8, 4) is 0 Å². The van der Waals surface area contributed by atoms with E-state index in [9.17, 15) is 23.1 Å². The number of carbonyl (C=O) groups is 1. The molecule has 8 heteroatoms. The van der Waals surface area contributed by atoms with Crippen LogP contribution in [0.2, 0.25) is 0 Å². The fraction of sp³-hybridized carbons (Fsp3) is 0.533. The lowest BCUT2D eigenvalue weighted by molar-refractivity contribution is -0.312. The Morgan fingerprint density at radius 3 is 2.74 bits per heavy atom. The molecule has 0 aromatic carbocycles. The number of alkyl halides is 3. The zero-order valence-corrected chi connectivity index (χ0v) is 12.3. The first-order chi connectivity index (χ1) is 10.9. The number of nitrogens with zero attached hydrogens (tertiary/aromatic N) is 3. The molecule has 1 aromatic rings. The molecule has 23 heavy (non-hydrogen) atoms. The number of halogens is 3. The molecule has 1 N–H and O–H groups in total. The van der Waals surface area contributed by atoms with Crippen LogP contribution in [-0.4, -0.2) is 38.6 Å². The number of hydrazone groups is 1. The second kappa shape index (κ2) is 5.59. The first-order valence-electron chi connectivity index (χ1n) is 7.48. The molecule has 1 fully saturated rings. The van der Waals surface area contributed by atoms with Gasteiger partial charge >= 0.3 is 6.18 Å².